The zero-order valence-electron chi connectivity index (χ0n) is 8.03. The molecule has 1 aromatic heterocycles. The van der Waals surface area contributed by atoms with Crippen LogP contribution in [-0.2, 0) is 7.05 Å². The molecule has 1 unspecified atom stereocenters. The van der Waals surface area contributed by atoms with Crippen molar-refractivity contribution in [3.63, 3.8) is 0 Å². The fraction of sp³-hybridized carbons (Fsp3) is 0.714. The van der Waals surface area contributed by atoms with E-state index in [1.807, 2.05) is 0 Å². The molecule has 0 amide bonds. The number of hydrogen-bond donors (Lipinski definition) is 1. The molecule has 0 spiro atoms. The average molecular weight is 240 g/mol. The summed E-state index contributed by atoms with van der Waals surface area (Å²) in [4.78, 5) is 0. The first-order chi connectivity index (χ1) is 6.95. The Hall–Kier alpha value is -0.760. The Bertz CT molecular complexity index is 311. The molecule has 1 rings (SSSR count). The summed E-state index contributed by atoms with van der Waals surface area (Å²) < 4.78 is 38.9. The predicted molar refractivity (Wildman–Crippen MR) is 50.4 cm³/mol. The topological polar surface area (TPSA) is 56.7 Å². The Morgan fingerprint density at radius 1 is 1.60 bits per heavy atom. The summed E-state index contributed by atoms with van der Waals surface area (Å²) in [5, 5.41) is 5.82. The van der Waals surface area contributed by atoms with Crippen molar-refractivity contribution < 1.29 is 13.2 Å². The Labute approximate surface area is 89.0 Å². The number of nitrogens with zero attached hydrogens (tertiary/aromatic N) is 3. The summed E-state index contributed by atoms with van der Waals surface area (Å²) in [5.74, 6) is 0. The van der Waals surface area contributed by atoms with Gasteiger partial charge in [0.1, 0.15) is 11.6 Å². The lowest BCUT2D eigenvalue weighted by Gasteiger charge is -2.17. The van der Waals surface area contributed by atoms with Gasteiger partial charge in [-0.15, -0.1) is 10.2 Å². The average Bonchev–Trinajstić information content (AvgIpc) is 2.49. The minimum Gasteiger partial charge on any atom is -0.330 e. The van der Waals surface area contributed by atoms with Crippen LogP contribution in [0.4, 0.5) is 13.2 Å². The summed E-state index contributed by atoms with van der Waals surface area (Å²) in [5.41, 5.74) is 5.14. The zero-order chi connectivity index (χ0) is 11.5. The molecule has 0 aliphatic carbocycles. The molecule has 0 saturated carbocycles. The van der Waals surface area contributed by atoms with E-state index in [2.05, 4.69) is 10.2 Å². The van der Waals surface area contributed by atoms with Crippen LogP contribution in [0.2, 0.25) is 0 Å². The first-order valence-electron chi connectivity index (χ1n) is 4.22. The number of thioether (sulfide) groups is 1. The van der Waals surface area contributed by atoms with E-state index in [-0.39, 0.29) is 18.1 Å². The molecule has 8 heteroatoms. The van der Waals surface area contributed by atoms with Crippen LogP contribution in [-0.4, -0.2) is 32.7 Å². The number of halogens is 3. The van der Waals surface area contributed by atoms with Crippen molar-refractivity contribution in [3.05, 3.63) is 6.33 Å². The number of aryl methyl sites for hydroxylation is 1. The minimum atomic E-state index is -4.27. The van der Waals surface area contributed by atoms with Gasteiger partial charge in [-0.2, -0.15) is 13.2 Å². The van der Waals surface area contributed by atoms with Crippen LogP contribution in [0.5, 0.6) is 0 Å². The standard InChI is InChI=1S/C7H11F3N4S/c1-14-4-12-13-6(14)15-5(2-3-11)7(8,9)10/h4-5H,2-3,11H2,1H3. The van der Waals surface area contributed by atoms with Gasteiger partial charge in [0, 0.05) is 7.05 Å². The van der Waals surface area contributed by atoms with Crippen molar-refractivity contribution in [2.75, 3.05) is 6.54 Å². The van der Waals surface area contributed by atoms with E-state index in [0.717, 1.165) is 0 Å². The number of aromatic nitrogens is 3. The van der Waals surface area contributed by atoms with Crippen LogP contribution in [0.1, 0.15) is 6.42 Å². The van der Waals surface area contributed by atoms with Crippen molar-refractivity contribution in [2.24, 2.45) is 12.8 Å². The van der Waals surface area contributed by atoms with E-state index in [1.165, 1.54) is 10.9 Å². The lowest BCUT2D eigenvalue weighted by molar-refractivity contribution is -0.129. The van der Waals surface area contributed by atoms with Crippen molar-refractivity contribution in [1.29, 1.82) is 0 Å². The molecule has 0 aromatic carbocycles. The second-order valence-corrected chi connectivity index (χ2v) is 4.12. The van der Waals surface area contributed by atoms with Gasteiger partial charge < -0.3 is 10.3 Å². The summed E-state index contributed by atoms with van der Waals surface area (Å²) in [6.45, 7) is -0.00493. The minimum absolute atomic E-state index is 0.00493. The van der Waals surface area contributed by atoms with Crippen molar-refractivity contribution >= 4 is 11.8 Å². The highest BCUT2D eigenvalue weighted by Crippen LogP contribution is 2.35. The molecule has 0 fully saturated rings. The highest BCUT2D eigenvalue weighted by molar-refractivity contribution is 7.99. The number of rotatable bonds is 4. The van der Waals surface area contributed by atoms with E-state index in [4.69, 9.17) is 5.73 Å². The fourth-order valence-electron chi connectivity index (χ4n) is 0.947. The monoisotopic (exact) mass is 240 g/mol. The summed E-state index contributed by atoms with van der Waals surface area (Å²) in [6.07, 6.45) is -3.03. The molecule has 2 N–H and O–H groups in total. The molecular formula is C7H11F3N4S. The van der Waals surface area contributed by atoms with Gasteiger partial charge in [0.25, 0.3) is 0 Å². The van der Waals surface area contributed by atoms with Gasteiger partial charge in [-0.05, 0) is 13.0 Å². The van der Waals surface area contributed by atoms with E-state index < -0.39 is 11.4 Å². The molecule has 86 valence electrons. The Kier molecular flexibility index (Phi) is 3.97. The maximum absolute atomic E-state index is 12.5. The SMILES string of the molecule is Cn1cnnc1SC(CCN)C(F)(F)F. The highest BCUT2D eigenvalue weighted by Gasteiger charge is 2.40. The van der Waals surface area contributed by atoms with Crippen molar-refractivity contribution in [2.45, 2.75) is 23.0 Å². The van der Waals surface area contributed by atoms with Gasteiger partial charge >= 0.3 is 6.18 Å². The Morgan fingerprint density at radius 3 is 2.67 bits per heavy atom. The number of hydrogen-bond acceptors (Lipinski definition) is 4. The fourth-order valence-corrected chi connectivity index (χ4v) is 1.90. The van der Waals surface area contributed by atoms with E-state index >= 15 is 0 Å². The normalized spacial score (nSPS) is 14.2. The summed E-state index contributed by atoms with van der Waals surface area (Å²) in [6, 6.07) is 0. The number of alkyl halides is 3. The van der Waals surface area contributed by atoms with Gasteiger partial charge in [0.2, 0.25) is 0 Å². The van der Waals surface area contributed by atoms with Gasteiger partial charge in [-0.3, -0.25) is 0 Å². The quantitative estimate of drug-likeness (QED) is 0.803. The van der Waals surface area contributed by atoms with E-state index in [0.29, 0.717) is 11.8 Å². The van der Waals surface area contributed by atoms with Crippen LogP contribution in [0, 0.1) is 0 Å². The molecule has 15 heavy (non-hydrogen) atoms. The second-order valence-electron chi connectivity index (χ2n) is 2.95. The Morgan fingerprint density at radius 2 is 2.27 bits per heavy atom. The van der Waals surface area contributed by atoms with Gasteiger partial charge in [-0.1, -0.05) is 11.8 Å². The Balaban J connectivity index is 2.71. The van der Waals surface area contributed by atoms with Gasteiger partial charge in [0.05, 0.1) is 0 Å². The molecule has 0 saturated heterocycles. The van der Waals surface area contributed by atoms with Gasteiger partial charge in [0.15, 0.2) is 5.16 Å². The summed E-state index contributed by atoms with van der Waals surface area (Å²) >= 11 is 0.638. The molecule has 1 aromatic rings. The summed E-state index contributed by atoms with van der Waals surface area (Å²) in [7, 11) is 1.60. The second kappa shape index (κ2) is 4.84. The smallest absolute Gasteiger partial charge is 0.330 e. The van der Waals surface area contributed by atoms with Crippen LogP contribution < -0.4 is 5.73 Å². The third-order valence-electron chi connectivity index (χ3n) is 1.71. The predicted octanol–water partition coefficient (Wildman–Crippen LogP) is 1.19. The third kappa shape index (κ3) is 3.38. The van der Waals surface area contributed by atoms with E-state index in [9.17, 15) is 13.2 Å². The van der Waals surface area contributed by atoms with Crippen molar-refractivity contribution in [1.82, 2.24) is 14.8 Å². The van der Waals surface area contributed by atoms with Gasteiger partial charge in [-0.25, -0.2) is 0 Å². The number of nitrogens with two attached hydrogens (primary N) is 1. The molecule has 0 radical (unpaired) electrons. The van der Waals surface area contributed by atoms with Crippen LogP contribution in [0.25, 0.3) is 0 Å². The van der Waals surface area contributed by atoms with Crippen LogP contribution in [0.15, 0.2) is 11.5 Å². The lowest BCUT2D eigenvalue weighted by atomic mass is 10.3. The lowest BCUT2D eigenvalue weighted by Crippen LogP contribution is -2.28. The van der Waals surface area contributed by atoms with E-state index in [1.54, 1.807) is 7.05 Å². The van der Waals surface area contributed by atoms with Crippen molar-refractivity contribution in [3.8, 4) is 0 Å². The van der Waals surface area contributed by atoms with Crippen LogP contribution >= 0.6 is 11.8 Å². The first-order valence-corrected chi connectivity index (χ1v) is 5.10. The zero-order valence-corrected chi connectivity index (χ0v) is 8.85. The molecule has 0 bridgehead atoms. The molecule has 1 heterocycles. The largest absolute Gasteiger partial charge is 0.401 e. The van der Waals surface area contributed by atoms with Crippen LogP contribution in [0.3, 0.4) is 0 Å². The maximum Gasteiger partial charge on any atom is 0.401 e. The maximum atomic E-state index is 12.5. The molecule has 0 aliphatic heterocycles. The molecule has 1 atom stereocenters. The third-order valence-corrected chi connectivity index (χ3v) is 3.08. The molecule has 4 nitrogen and oxygen atoms in total. The molecular weight excluding hydrogens is 229 g/mol. The highest BCUT2D eigenvalue weighted by atomic mass is 32.2. The molecule has 0 aliphatic rings. The first kappa shape index (κ1) is 12.3.